The van der Waals surface area contributed by atoms with Gasteiger partial charge in [-0.05, 0) is 12.5 Å². The molecule has 2 rings (SSSR count). The van der Waals surface area contributed by atoms with Crippen LogP contribution in [0.1, 0.15) is 6.42 Å². The van der Waals surface area contributed by atoms with Gasteiger partial charge in [-0.2, -0.15) is 0 Å². The van der Waals surface area contributed by atoms with E-state index < -0.39 is 0 Å². The minimum absolute atomic E-state index is 0.187. The number of aromatic nitrogens is 1. The van der Waals surface area contributed by atoms with Gasteiger partial charge in [0.2, 0.25) is 0 Å². The van der Waals surface area contributed by atoms with Crippen molar-refractivity contribution in [3.8, 4) is 0 Å². The number of hydrogen-bond donors (Lipinski definition) is 2. The van der Waals surface area contributed by atoms with Gasteiger partial charge in [0, 0.05) is 20.1 Å². The summed E-state index contributed by atoms with van der Waals surface area (Å²) in [5.74, 6) is 0. The second-order valence-electron chi connectivity index (χ2n) is 3.57. The summed E-state index contributed by atoms with van der Waals surface area (Å²) in [6.45, 7) is 1.63. The van der Waals surface area contributed by atoms with E-state index in [9.17, 15) is 5.11 Å². The molecule has 4 heteroatoms. The van der Waals surface area contributed by atoms with Crippen molar-refractivity contribution >= 4 is 11.4 Å². The fourth-order valence-electron chi connectivity index (χ4n) is 1.71. The van der Waals surface area contributed by atoms with Crippen molar-refractivity contribution in [2.45, 2.75) is 12.5 Å². The lowest BCUT2D eigenvalue weighted by Crippen LogP contribution is -2.21. The third kappa shape index (κ3) is 1.80. The third-order valence-corrected chi connectivity index (χ3v) is 2.54. The van der Waals surface area contributed by atoms with Gasteiger partial charge >= 0.3 is 0 Å². The van der Waals surface area contributed by atoms with Crippen molar-refractivity contribution in [2.75, 3.05) is 30.4 Å². The molecule has 2 heterocycles. The van der Waals surface area contributed by atoms with Gasteiger partial charge in [-0.1, -0.05) is 0 Å². The number of hydrogen-bond acceptors (Lipinski definition) is 4. The number of rotatable bonds is 2. The van der Waals surface area contributed by atoms with Crippen molar-refractivity contribution in [1.29, 1.82) is 0 Å². The predicted octanol–water partition coefficient (Wildman–Crippen LogP) is 0.694. The average molecular weight is 193 g/mol. The van der Waals surface area contributed by atoms with E-state index in [0.717, 1.165) is 30.9 Å². The topological polar surface area (TPSA) is 48.4 Å². The largest absolute Gasteiger partial charge is 0.391 e. The van der Waals surface area contributed by atoms with Crippen LogP contribution in [0.2, 0.25) is 0 Å². The molecule has 0 aliphatic carbocycles. The lowest BCUT2D eigenvalue weighted by atomic mass is 10.3. The normalized spacial score (nSPS) is 21.3. The number of β-amino-alcohol motifs (C(OH)–C–C–N with tert-alkyl or cyclic N) is 1. The van der Waals surface area contributed by atoms with Gasteiger partial charge < -0.3 is 15.3 Å². The molecule has 1 aliphatic heterocycles. The van der Waals surface area contributed by atoms with E-state index in [1.165, 1.54) is 0 Å². The lowest BCUT2D eigenvalue weighted by Gasteiger charge is -2.17. The Kier molecular flexibility index (Phi) is 2.54. The number of nitrogens with zero attached hydrogens (tertiary/aromatic N) is 2. The van der Waals surface area contributed by atoms with Crippen molar-refractivity contribution in [1.82, 2.24) is 4.98 Å². The minimum atomic E-state index is -0.187. The molecule has 14 heavy (non-hydrogen) atoms. The van der Waals surface area contributed by atoms with Crippen LogP contribution in [-0.2, 0) is 0 Å². The molecule has 0 saturated carbocycles. The summed E-state index contributed by atoms with van der Waals surface area (Å²) >= 11 is 0. The number of anilines is 2. The summed E-state index contributed by atoms with van der Waals surface area (Å²) in [6.07, 6.45) is 4.28. The number of nitrogens with one attached hydrogen (secondary N) is 1. The Morgan fingerprint density at radius 3 is 3.07 bits per heavy atom. The predicted molar refractivity (Wildman–Crippen MR) is 56.6 cm³/mol. The van der Waals surface area contributed by atoms with Crippen molar-refractivity contribution in [3.05, 3.63) is 18.5 Å². The molecular weight excluding hydrogens is 178 g/mol. The van der Waals surface area contributed by atoms with E-state index >= 15 is 0 Å². The van der Waals surface area contributed by atoms with Gasteiger partial charge in [0.25, 0.3) is 0 Å². The summed E-state index contributed by atoms with van der Waals surface area (Å²) in [4.78, 5) is 6.29. The Labute approximate surface area is 83.6 Å². The van der Waals surface area contributed by atoms with Crippen LogP contribution in [0.4, 0.5) is 11.4 Å². The maximum atomic E-state index is 9.41. The maximum Gasteiger partial charge on any atom is 0.0731 e. The van der Waals surface area contributed by atoms with Gasteiger partial charge in [0.1, 0.15) is 0 Å². The average Bonchev–Trinajstić information content (AvgIpc) is 2.65. The fourth-order valence-corrected chi connectivity index (χ4v) is 1.71. The van der Waals surface area contributed by atoms with Crippen molar-refractivity contribution < 1.29 is 5.11 Å². The SMILES string of the molecule is CNc1cncc(N2CC[C@H](O)C2)c1. The minimum Gasteiger partial charge on any atom is -0.391 e. The molecule has 0 radical (unpaired) electrons. The molecule has 1 fully saturated rings. The summed E-state index contributed by atoms with van der Waals surface area (Å²) in [5.41, 5.74) is 2.08. The van der Waals surface area contributed by atoms with E-state index in [4.69, 9.17) is 0 Å². The molecule has 4 nitrogen and oxygen atoms in total. The van der Waals surface area contributed by atoms with Crippen LogP contribution in [0.3, 0.4) is 0 Å². The van der Waals surface area contributed by atoms with E-state index in [-0.39, 0.29) is 6.10 Å². The van der Waals surface area contributed by atoms with Crippen LogP contribution in [0.25, 0.3) is 0 Å². The van der Waals surface area contributed by atoms with Crippen LogP contribution < -0.4 is 10.2 Å². The molecule has 1 aromatic heterocycles. The molecule has 0 bridgehead atoms. The van der Waals surface area contributed by atoms with Crippen LogP contribution in [0.5, 0.6) is 0 Å². The van der Waals surface area contributed by atoms with Gasteiger partial charge in [0.05, 0.1) is 29.9 Å². The quantitative estimate of drug-likeness (QED) is 0.725. The molecule has 0 amide bonds. The summed E-state index contributed by atoms with van der Waals surface area (Å²) in [5, 5.41) is 12.5. The third-order valence-electron chi connectivity index (χ3n) is 2.54. The second kappa shape index (κ2) is 3.84. The molecule has 0 spiro atoms. The van der Waals surface area contributed by atoms with Gasteiger partial charge in [0.15, 0.2) is 0 Å². The zero-order valence-corrected chi connectivity index (χ0v) is 8.27. The molecule has 0 unspecified atom stereocenters. The van der Waals surface area contributed by atoms with E-state index in [1.807, 2.05) is 19.3 Å². The molecule has 76 valence electrons. The van der Waals surface area contributed by atoms with Gasteiger partial charge in [-0.25, -0.2) is 0 Å². The Morgan fingerprint density at radius 2 is 2.43 bits per heavy atom. The molecule has 1 saturated heterocycles. The molecule has 1 atom stereocenters. The first kappa shape index (κ1) is 9.27. The second-order valence-corrected chi connectivity index (χ2v) is 3.57. The Bertz CT molecular complexity index is 316. The first-order valence-corrected chi connectivity index (χ1v) is 4.85. The van der Waals surface area contributed by atoms with E-state index in [2.05, 4.69) is 15.2 Å². The molecule has 1 aliphatic rings. The monoisotopic (exact) mass is 193 g/mol. The summed E-state index contributed by atoms with van der Waals surface area (Å²) in [6, 6.07) is 2.05. The number of aliphatic hydroxyl groups is 1. The van der Waals surface area contributed by atoms with E-state index in [0.29, 0.717) is 0 Å². The lowest BCUT2D eigenvalue weighted by molar-refractivity contribution is 0.198. The highest BCUT2D eigenvalue weighted by Crippen LogP contribution is 2.21. The number of aliphatic hydroxyl groups excluding tert-OH is 1. The van der Waals surface area contributed by atoms with Gasteiger partial charge in [-0.3, -0.25) is 4.98 Å². The number of pyridine rings is 1. The summed E-state index contributed by atoms with van der Waals surface area (Å²) < 4.78 is 0. The molecular formula is C10H15N3O. The zero-order chi connectivity index (χ0) is 9.97. The van der Waals surface area contributed by atoms with Crippen LogP contribution in [-0.4, -0.2) is 36.3 Å². The Morgan fingerprint density at radius 1 is 1.57 bits per heavy atom. The highest BCUT2D eigenvalue weighted by molar-refractivity contribution is 5.55. The highest BCUT2D eigenvalue weighted by Gasteiger charge is 2.20. The fraction of sp³-hybridized carbons (Fsp3) is 0.500. The highest BCUT2D eigenvalue weighted by atomic mass is 16.3. The van der Waals surface area contributed by atoms with Crippen LogP contribution >= 0.6 is 0 Å². The Hall–Kier alpha value is -1.29. The smallest absolute Gasteiger partial charge is 0.0731 e. The first-order chi connectivity index (χ1) is 6.79. The zero-order valence-electron chi connectivity index (χ0n) is 8.27. The van der Waals surface area contributed by atoms with E-state index in [1.54, 1.807) is 6.20 Å². The Balaban J connectivity index is 2.15. The maximum absolute atomic E-state index is 9.41. The molecule has 1 aromatic rings. The first-order valence-electron chi connectivity index (χ1n) is 4.85. The van der Waals surface area contributed by atoms with Crippen molar-refractivity contribution in [3.63, 3.8) is 0 Å². The van der Waals surface area contributed by atoms with Crippen molar-refractivity contribution in [2.24, 2.45) is 0 Å². The molecule has 0 aromatic carbocycles. The van der Waals surface area contributed by atoms with Gasteiger partial charge in [-0.15, -0.1) is 0 Å². The van der Waals surface area contributed by atoms with Crippen LogP contribution in [0, 0.1) is 0 Å². The molecule has 2 N–H and O–H groups in total. The summed E-state index contributed by atoms with van der Waals surface area (Å²) in [7, 11) is 1.87. The standard InChI is InChI=1S/C10H15N3O/c1-11-8-4-9(6-12-5-8)13-3-2-10(14)7-13/h4-6,10-11,14H,2-3,7H2,1H3/t10-/m0/s1. The van der Waals surface area contributed by atoms with Crippen LogP contribution in [0.15, 0.2) is 18.5 Å².